The molecule has 0 bridgehead atoms. The molecular weight excluding hydrogens is 451 g/mol. The van der Waals surface area contributed by atoms with E-state index in [9.17, 15) is 0 Å². The van der Waals surface area contributed by atoms with Crippen molar-refractivity contribution in [2.75, 3.05) is 11.9 Å². The van der Waals surface area contributed by atoms with Gasteiger partial charge in [-0.25, -0.2) is 0 Å². The second-order valence-electron chi connectivity index (χ2n) is 5.63. The highest BCUT2D eigenvalue weighted by molar-refractivity contribution is 8.03. The SMILES string of the molecule is CN1C(=Cc2ccc3ccccc3[n+]2C)Sc2ccc(Cl)cc21.[I-]. The van der Waals surface area contributed by atoms with Crippen molar-refractivity contribution in [1.29, 1.82) is 0 Å². The van der Waals surface area contributed by atoms with Crippen LogP contribution >= 0.6 is 23.4 Å². The number of hydrogen-bond acceptors (Lipinski definition) is 2. The zero-order valence-corrected chi connectivity index (χ0v) is 17.1. The molecule has 0 amide bonds. The molecule has 2 heterocycles. The van der Waals surface area contributed by atoms with Crippen LogP contribution < -0.4 is 33.4 Å². The molecule has 122 valence electrons. The van der Waals surface area contributed by atoms with E-state index in [1.54, 1.807) is 11.8 Å². The van der Waals surface area contributed by atoms with Crippen molar-refractivity contribution in [3.8, 4) is 0 Å². The monoisotopic (exact) mass is 466 g/mol. The van der Waals surface area contributed by atoms with E-state index >= 15 is 0 Å². The molecule has 0 N–H and O–H groups in total. The van der Waals surface area contributed by atoms with Gasteiger partial charge >= 0.3 is 0 Å². The fourth-order valence-corrected chi connectivity index (χ4v) is 4.14. The molecule has 1 aliphatic heterocycles. The minimum absolute atomic E-state index is 0. The second kappa shape index (κ2) is 6.94. The average Bonchev–Trinajstić information content (AvgIpc) is 2.86. The van der Waals surface area contributed by atoms with E-state index < -0.39 is 0 Å². The third kappa shape index (κ3) is 3.03. The molecular formula is C19H16ClIN2S. The van der Waals surface area contributed by atoms with E-state index in [4.69, 9.17) is 11.6 Å². The van der Waals surface area contributed by atoms with Crippen molar-refractivity contribution in [2.24, 2.45) is 7.05 Å². The average molecular weight is 467 g/mol. The lowest BCUT2D eigenvalue weighted by atomic mass is 10.2. The maximum atomic E-state index is 6.13. The van der Waals surface area contributed by atoms with Gasteiger partial charge in [-0.15, -0.1) is 0 Å². The van der Waals surface area contributed by atoms with Gasteiger partial charge in [0.25, 0.3) is 0 Å². The number of pyridine rings is 1. The van der Waals surface area contributed by atoms with Gasteiger partial charge in [0.15, 0.2) is 0 Å². The van der Waals surface area contributed by atoms with E-state index in [-0.39, 0.29) is 24.0 Å². The summed E-state index contributed by atoms with van der Waals surface area (Å²) < 4.78 is 2.23. The van der Waals surface area contributed by atoms with Gasteiger partial charge in [-0.2, -0.15) is 4.57 Å². The first-order chi connectivity index (χ1) is 11.1. The lowest BCUT2D eigenvalue weighted by molar-refractivity contribution is -0.646. The van der Waals surface area contributed by atoms with Crippen molar-refractivity contribution in [2.45, 2.75) is 4.90 Å². The van der Waals surface area contributed by atoms with Gasteiger partial charge in [0.2, 0.25) is 11.2 Å². The van der Waals surface area contributed by atoms with Crippen LogP contribution in [0.4, 0.5) is 5.69 Å². The molecule has 0 saturated carbocycles. The van der Waals surface area contributed by atoms with Crippen LogP contribution in [0.25, 0.3) is 17.0 Å². The van der Waals surface area contributed by atoms with Crippen LogP contribution in [0.2, 0.25) is 5.02 Å². The van der Waals surface area contributed by atoms with Gasteiger partial charge in [0.05, 0.1) is 10.7 Å². The van der Waals surface area contributed by atoms with Gasteiger partial charge in [0, 0.05) is 40.6 Å². The number of nitrogens with zero attached hydrogens (tertiary/aromatic N) is 2. The standard InChI is InChI=1S/C19H16ClN2S.HI/c1-21-15(9-7-13-5-3-4-6-16(13)21)12-19-22(2)17-11-14(20)8-10-18(17)23-19;/h3-12H,1-2H3;1H/q+1;/p-1. The van der Waals surface area contributed by atoms with E-state index in [0.717, 1.165) is 10.7 Å². The van der Waals surface area contributed by atoms with E-state index in [1.807, 2.05) is 12.1 Å². The Balaban J connectivity index is 0.00000169. The van der Waals surface area contributed by atoms with Gasteiger partial charge in [-0.3, -0.25) is 0 Å². The van der Waals surface area contributed by atoms with Crippen LogP contribution in [0.3, 0.4) is 0 Å². The van der Waals surface area contributed by atoms with Crippen LogP contribution in [0.1, 0.15) is 5.69 Å². The number of aryl methyl sites for hydroxylation is 1. The number of thioether (sulfide) groups is 1. The number of hydrogen-bond donors (Lipinski definition) is 0. The van der Waals surface area contributed by atoms with Gasteiger partial charge < -0.3 is 28.9 Å². The summed E-state index contributed by atoms with van der Waals surface area (Å²) in [5, 5.41) is 3.22. The Morgan fingerprint density at radius 3 is 2.71 bits per heavy atom. The Kier molecular flexibility index (Phi) is 5.08. The molecule has 0 unspecified atom stereocenters. The molecule has 1 aliphatic rings. The lowest BCUT2D eigenvalue weighted by Gasteiger charge is -2.13. The fraction of sp³-hybridized carbons (Fsp3) is 0.105. The first kappa shape index (κ1) is 17.6. The lowest BCUT2D eigenvalue weighted by Crippen LogP contribution is -3.00. The minimum atomic E-state index is 0. The number of rotatable bonds is 1. The summed E-state index contributed by atoms with van der Waals surface area (Å²) in [4.78, 5) is 3.44. The first-order valence-electron chi connectivity index (χ1n) is 7.44. The van der Waals surface area contributed by atoms with E-state index in [2.05, 4.69) is 72.1 Å². The molecule has 0 aliphatic carbocycles. The summed E-state index contributed by atoms with van der Waals surface area (Å²) >= 11 is 7.90. The molecule has 0 radical (unpaired) electrons. The number of halogens is 2. The van der Waals surface area contributed by atoms with E-state index in [1.165, 1.54) is 26.5 Å². The summed E-state index contributed by atoms with van der Waals surface area (Å²) in [5.74, 6) is 0. The molecule has 4 rings (SSSR count). The Bertz CT molecular complexity index is 955. The Hall–Kier alpha value is -1.24. The quantitative estimate of drug-likeness (QED) is 0.399. The fourth-order valence-electron chi connectivity index (χ4n) is 2.90. The smallest absolute Gasteiger partial charge is 0.212 e. The maximum absolute atomic E-state index is 6.13. The Morgan fingerprint density at radius 1 is 1.08 bits per heavy atom. The topological polar surface area (TPSA) is 7.12 Å². The summed E-state index contributed by atoms with van der Waals surface area (Å²) in [6.07, 6.45) is 2.23. The molecule has 3 aromatic rings. The molecule has 2 nitrogen and oxygen atoms in total. The van der Waals surface area contributed by atoms with Crippen LogP contribution in [0.15, 0.2) is 64.5 Å². The van der Waals surface area contributed by atoms with Gasteiger partial charge in [0.1, 0.15) is 7.05 Å². The molecule has 0 atom stereocenters. The van der Waals surface area contributed by atoms with Crippen molar-refractivity contribution in [3.05, 3.63) is 70.3 Å². The Morgan fingerprint density at radius 2 is 1.88 bits per heavy atom. The zero-order chi connectivity index (χ0) is 16.0. The third-order valence-corrected chi connectivity index (χ3v) is 5.62. The van der Waals surface area contributed by atoms with Gasteiger partial charge in [-0.05, 0) is 30.3 Å². The van der Waals surface area contributed by atoms with Crippen LogP contribution in [-0.4, -0.2) is 7.05 Å². The van der Waals surface area contributed by atoms with Crippen LogP contribution in [0, 0.1) is 0 Å². The molecule has 2 aromatic carbocycles. The molecule has 5 heteroatoms. The van der Waals surface area contributed by atoms with Crippen molar-refractivity contribution >= 4 is 46.0 Å². The first-order valence-corrected chi connectivity index (χ1v) is 8.63. The molecule has 24 heavy (non-hydrogen) atoms. The number of benzene rings is 2. The minimum Gasteiger partial charge on any atom is -1.00 e. The van der Waals surface area contributed by atoms with E-state index in [0.29, 0.717) is 0 Å². The summed E-state index contributed by atoms with van der Waals surface area (Å²) in [6, 6.07) is 18.8. The normalized spacial score (nSPS) is 14.8. The number of para-hydroxylation sites is 1. The van der Waals surface area contributed by atoms with Crippen LogP contribution in [-0.2, 0) is 7.05 Å². The van der Waals surface area contributed by atoms with Crippen LogP contribution in [0.5, 0.6) is 0 Å². The molecule has 1 aromatic heterocycles. The Labute approximate surface area is 168 Å². The van der Waals surface area contributed by atoms with Gasteiger partial charge in [-0.1, -0.05) is 35.5 Å². The highest BCUT2D eigenvalue weighted by Crippen LogP contribution is 2.46. The summed E-state index contributed by atoms with van der Waals surface area (Å²) in [6.45, 7) is 0. The summed E-state index contributed by atoms with van der Waals surface area (Å²) in [7, 11) is 4.19. The molecule has 0 spiro atoms. The number of aromatic nitrogens is 1. The predicted octanol–water partition coefficient (Wildman–Crippen LogP) is 1.86. The zero-order valence-electron chi connectivity index (χ0n) is 13.3. The van der Waals surface area contributed by atoms with Crippen molar-refractivity contribution < 1.29 is 28.5 Å². The predicted molar refractivity (Wildman–Crippen MR) is 98.8 cm³/mol. The highest BCUT2D eigenvalue weighted by atomic mass is 127. The summed E-state index contributed by atoms with van der Waals surface area (Å²) in [5.41, 5.74) is 3.57. The highest BCUT2D eigenvalue weighted by Gasteiger charge is 2.23. The number of fused-ring (bicyclic) bond motifs is 2. The molecule has 0 saturated heterocycles. The number of anilines is 1. The largest absolute Gasteiger partial charge is 1.00 e. The maximum Gasteiger partial charge on any atom is 0.212 e. The third-order valence-electron chi connectivity index (χ3n) is 4.22. The van der Waals surface area contributed by atoms with Crippen molar-refractivity contribution in [3.63, 3.8) is 0 Å². The molecule has 0 fully saturated rings. The van der Waals surface area contributed by atoms with Crippen molar-refractivity contribution in [1.82, 2.24) is 0 Å². The second-order valence-corrected chi connectivity index (χ2v) is 7.13.